The average Bonchev–Trinajstić information content (AvgIpc) is 2.84. The molecule has 0 aliphatic heterocycles. The van der Waals surface area contributed by atoms with Crippen molar-refractivity contribution in [1.82, 2.24) is 4.98 Å². The monoisotopic (exact) mass is 317 g/mol. The summed E-state index contributed by atoms with van der Waals surface area (Å²) in [6.45, 7) is 3.23. The summed E-state index contributed by atoms with van der Waals surface area (Å²) in [7, 11) is 0. The van der Waals surface area contributed by atoms with Crippen LogP contribution in [0.15, 0.2) is 28.9 Å². The van der Waals surface area contributed by atoms with Crippen molar-refractivity contribution in [2.45, 2.75) is 13.8 Å². The Kier molecular flexibility index (Phi) is 4.75. The number of rotatable bonds is 5. The number of anilines is 1. The smallest absolute Gasteiger partial charge is 0.342 e. The van der Waals surface area contributed by atoms with Gasteiger partial charge in [0.15, 0.2) is 0 Å². The Labute approximate surface area is 131 Å². The standard InChI is InChI=1S/C15H15N3O5/c1-3-22-15(21)10-8(2)23-14(11(10)12(16)19)18-13(20)9-4-6-17-7-5-9/h4-7H,3H2,1-2H3,(H2,16,19)(H,18,20). The number of aryl methyl sites for hydroxylation is 1. The lowest BCUT2D eigenvalue weighted by molar-refractivity contribution is 0.0521. The van der Waals surface area contributed by atoms with E-state index in [9.17, 15) is 14.4 Å². The lowest BCUT2D eigenvalue weighted by Crippen LogP contribution is -2.20. The number of pyridine rings is 1. The maximum Gasteiger partial charge on any atom is 0.342 e. The molecule has 8 nitrogen and oxygen atoms in total. The molecule has 23 heavy (non-hydrogen) atoms. The van der Waals surface area contributed by atoms with Crippen molar-refractivity contribution in [3.05, 3.63) is 47.0 Å². The summed E-state index contributed by atoms with van der Waals surface area (Å²) >= 11 is 0. The summed E-state index contributed by atoms with van der Waals surface area (Å²) in [5, 5.41) is 2.42. The third kappa shape index (κ3) is 3.37. The van der Waals surface area contributed by atoms with Crippen LogP contribution in [0, 0.1) is 6.92 Å². The molecule has 0 saturated heterocycles. The molecule has 3 N–H and O–H groups in total. The number of furan rings is 1. The normalized spacial score (nSPS) is 10.2. The summed E-state index contributed by atoms with van der Waals surface area (Å²) in [6.07, 6.45) is 2.89. The van der Waals surface area contributed by atoms with E-state index in [4.69, 9.17) is 14.9 Å². The molecule has 0 aliphatic carbocycles. The quantitative estimate of drug-likeness (QED) is 0.805. The first-order valence-corrected chi connectivity index (χ1v) is 6.77. The number of amides is 2. The summed E-state index contributed by atoms with van der Waals surface area (Å²) < 4.78 is 10.2. The number of nitrogens with two attached hydrogens (primary N) is 1. The highest BCUT2D eigenvalue weighted by atomic mass is 16.5. The molecule has 0 spiro atoms. The Balaban J connectivity index is 2.39. The number of nitrogens with one attached hydrogen (secondary N) is 1. The van der Waals surface area contributed by atoms with Gasteiger partial charge >= 0.3 is 5.97 Å². The largest absolute Gasteiger partial charge is 0.462 e. The summed E-state index contributed by atoms with van der Waals surface area (Å²) in [5.74, 6) is -2.25. The van der Waals surface area contributed by atoms with Crippen molar-refractivity contribution in [2.75, 3.05) is 11.9 Å². The Morgan fingerprint density at radius 3 is 2.48 bits per heavy atom. The molecule has 2 aromatic heterocycles. The summed E-state index contributed by atoms with van der Waals surface area (Å²) in [6, 6.07) is 2.97. The zero-order valence-electron chi connectivity index (χ0n) is 12.6. The molecule has 8 heteroatoms. The third-order valence-electron chi connectivity index (χ3n) is 2.98. The molecule has 0 bridgehead atoms. The Morgan fingerprint density at radius 1 is 1.26 bits per heavy atom. The zero-order valence-corrected chi connectivity index (χ0v) is 12.6. The highest BCUT2D eigenvalue weighted by molar-refractivity contribution is 6.12. The Bertz CT molecular complexity index is 752. The number of hydrogen-bond donors (Lipinski definition) is 2. The van der Waals surface area contributed by atoms with Crippen molar-refractivity contribution in [2.24, 2.45) is 5.73 Å². The molecule has 0 atom stereocenters. The molecule has 0 unspecified atom stereocenters. The molecule has 120 valence electrons. The molecule has 0 saturated carbocycles. The predicted molar refractivity (Wildman–Crippen MR) is 80.1 cm³/mol. The van der Waals surface area contributed by atoms with Gasteiger partial charge in [-0.15, -0.1) is 0 Å². The molecule has 0 fully saturated rings. The van der Waals surface area contributed by atoms with Gasteiger partial charge in [-0.3, -0.25) is 19.9 Å². The van der Waals surface area contributed by atoms with E-state index in [1.54, 1.807) is 6.92 Å². The van der Waals surface area contributed by atoms with Gasteiger partial charge in [-0.05, 0) is 26.0 Å². The topological polar surface area (TPSA) is 125 Å². The van der Waals surface area contributed by atoms with E-state index >= 15 is 0 Å². The number of nitrogens with zero attached hydrogens (tertiary/aromatic N) is 1. The maximum atomic E-state index is 12.1. The second kappa shape index (κ2) is 6.73. The van der Waals surface area contributed by atoms with Gasteiger partial charge in [0, 0.05) is 18.0 Å². The lowest BCUT2D eigenvalue weighted by Gasteiger charge is -2.04. The number of hydrogen-bond acceptors (Lipinski definition) is 6. The molecule has 2 aromatic rings. The van der Waals surface area contributed by atoms with Gasteiger partial charge in [0.1, 0.15) is 16.9 Å². The molecular formula is C15H15N3O5. The fraction of sp³-hybridized carbons (Fsp3) is 0.200. The van der Waals surface area contributed by atoms with Crippen molar-refractivity contribution >= 4 is 23.7 Å². The SMILES string of the molecule is CCOC(=O)c1c(C)oc(NC(=O)c2ccncc2)c1C(N)=O. The van der Waals surface area contributed by atoms with Gasteiger partial charge < -0.3 is 14.9 Å². The lowest BCUT2D eigenvalue weighted by atomic mass is 10.1. The van der Waals surface area contributed by atoms with Gasteiger partial charge in [-0.25, -0.2) is 4.79 Å². The van der Waals surface area contributed by atoms with E-state index in [1.165, 1.54) is 31.5 Å². The van der Waals surface area contributed by atoms with Crippen molar-refractivity contribution in [3.63, 3.8) is 0 Å². The van der Waals surface area contributed by atoms with E-state index in [0.29, 0.717) is 5.56 Å². The van der Waals surface area contributed by atoms with Crippen LogP contribution < -0.4 is 11.1 Å². The van der Waals surface area contributed by atoms with Crippen LogP contribution in [0.5, 0.6) is 0 Å². The first-order chi connectivity index (χ1) is 11.0. The van der Waals surface area contributed by atoms with Crippen LogP contribution in [-0.4, -0.2) is 29.4 Å². The maximum absolute atomic E-state index is 12.1. The first kappa shape index (κ1) is 16.2. The summed E-state index contributed by atoms with van der Waals surface area (Å²) in [5.41, 5.74) is 5.30. The van der Waals surface area contributed by atoms with Gasteiger partial charge in [0.2, 0.25) is 5.88 Å². The second-order valence-corrected chi connectivity index (χ2v) is 4.51. The van der Waals surface area contributed by atoms with E-state index in [2.05, 4.69) is 10.3 Å². The van der Waals surface area contributed by atoms with Crippen LogP contribution in [0.4, 0.5) is 5.88 Å². The molecule has 0 aromatic carbocycles. The summed E-state index contributed by atoms with van der Waals surface area (Å²) in [4.78, 5) is 39.6. The van der Waals surface area contributed by atoms with Gasteiger partial charge in [0.05, 0.1) is 6.61 Å². The van der Waals surface area contributed by atoms with Crippen molar-refractivity contribution in [3.8, 4) is 0 Å². The highest BCUT2D eigenvalue weighted by Gasteiger charge is 2.29. The number of carbonyl (C=O) groups is 3. The third-order valence-corrected chi connectivity index (χ3v) is 2.98. The predicted octanol–water partition coefficient (Wildman–Crippen LogP) is 1.51. The second-order valence-electron chi connectivity index (χ2n) is 4.51. The Morgan fingerprint density at radius 2 is 1.91 bits per heavy atom. The van der Waals surface area contributed by atoms with Gasteiger partial charge in [-0.1, -0.05) is 0 Å². The van der Waals surface area contributed by atoms with Crippen LogP contribution in [0.1, 0.15) is 43.8 Å². The van der Waals surface area contributed by atoms with E-state index < -0.39 is 17.8 Å². The van der Waals surface area contributed by atoms with Crippen LogP contribution in [0.3, 0.4) is 0 Å². The number of aromatic nitrogens is 1. The van der Waals surface area contributed by atoms with E-state index in [1.807, 2.05) is 0 Å². The van der Waals surface area contributed by atoms with Crippen LogP contribution >= 0.6 is 0 Å². The van der Waals surface area contributed by atoms with Gasteiger partial charge in [-0.2, -0.15) is 0 Å². The van der Waals surface area contributed by atoms with Crippen LogP contribution in [-0.2, 0) is 4.74 Å². The molecule has 2 amide bonds. The van der Waals surface area contributed by atoms with Gasteiger partial charge in [0.25, 0.3) is 11.8 Å². The Hall–Kier alpha value is -3.16. The van der Waals surface area contributed by atoms with Crippen LogP contribution in [0.2, 0.25) is 0 Å². The molecule has 2 rings (SSSR count). The molecule has 0 radical (unpaired) electrons. The molecule has 2 heterocycles. The molecular weight excluding hydrogens is 302 g/mol. The van der Waals surface area contributed by atoms with Crippen molar-refractivity contribution in [1.29, 1.82) is 0 Å². The van der Waals surface area contributed by atoms with E-state index in [-0.39, 0.29) is 29.4 Å². The number of ether oxygens (including phenoxy) is 1. The average molecular weight is 317 g/mol. The number of esters is 1. The number of primary amides is 1. The minimum Gasteiger partial charge on any atom is -0.462 e. The minimum atomic E-state index is -0.907. The first-order valence-electron chi connectivity index (χ1n) is 6.77. The fourth-order valence-corrected chi connectivity index (χ4v) is 2.00. The fourth-order valence-electron chi connectivity index (χ4n) is 2.00. The number of carbonyl (C=O) groups excluding carboxylic acids is 3. The van der Waals surface area contributed by atoms with Crippen molar-refractivity contribution < 1.29 is 23.5 Å². The van der Waals surface area contributed by atoms with Crippen LogP contribution in [0.25, 0.3) is 0 Å². The van der Waals surface area contributed by atoms with E-state index in [0.717, 1.165) is 0 Å². The molecule has 0 aliphatic rings. The minimum absolute atomic E-state index is 0.0932. The highest BCUT2D eigenvalue weighted by Crippen LogP contribution is 2.28. The zero-order chi connectivity index (χ0) is 17.0.